The maximum Gasteiger partial charge on any atom is 0.433 e. The van der Waals surface area contributed by atoms with E-state index >= 15 is 0 Å². The summed E-state index contributed by atoms with van der Waals surface area (Å²) in [5.74, 6) is -0.345. The molecule has 0 bridgehead atoms. The number of hydrogen-bond donors (Lipinski definition) is 1. The molecule has 1 saturated heterocycles. The molecule has 5 nitrogen and oxygen atoms in total. The number of amides is 1. The Kier molecular flexibility index (Phi) is 6.15. The molecule has 0 spiro atoms. The maximum absolute atomic E-state index is 13.1. The van der Waals surface area contributed by atoms with Gasteiger partial charge in [0.05, 0.1) is 22.4 Å². The average Bonchev–Trinajstić information content (AvgIpc) is 3.30. The van der Waals surface area contributed by atoms with E-state index in [4.69, 9.17) is 4.74 Å². The highest BCUT2D eigenvalue weighted by atomic mass is 32.2. The third kappa shape index (κ3) is 5.18. The highest BCUT2D eigenvalue weighted by Crippen LogP contribution is 2.33. The number of thioether (sulfide) groups is 1. The van der Waals surface area contributed by atoms with Gasteiger partial charge < -0.3 is 10.1 Å². The minimum atomic E-state index is -4.58. The summed E-state index contributed by atoms with van der Waals surface area (Å²) in [5, 5.41) is 4.41. The first-order chi connectivity index (χ1) is 12.4. The Morgan fingerprint density at radius 2 is 2.27 bits per heavy atom. The zero-order valence-electron chi connectivity index (χ0n) is 13.6. The van der Waals surface area contributed by atoms with Crippen molar-refractivity contribution in [3.63, 3.8) is 0 Å². The number of halogens is 3. The molecular formula is C16H16F3N3O2S2. The molecule has 1 atom stereocenters. The summed E-state index contributed by atoms with van der Waals surface area (Å²) in [5.41, 5.74) is -0.817. The molecule has 10 heteroatoms. The topological polar surface area (TPSA) is 64.1 Å². The number of rotatable bonds is 6. The Bertz CT molecular complexity index is 748. The van der Waals surface area contributed by atoms with Gasteiger partial charge >= 0.3 is 6.18 Å². The van der Waals surface area contributed by atoms with Gasteiger partial charge in [-0.1, -0.05) is 17.8 Å². The van der Waals surface area contributed by atoms with Crippen LogP contribution in [0.3, 0.4) is 0 Å². The smallest absolute Gasteiger partial charge is 0.376 e. The summed E-state index contributed by atoms with van der Waals surface area (Å²) >= 11 is 2.17. The summed E-state index contributed by atoms with van der Waals surface area (Å²) in [6.07, 6.45) is -2.70. The highest BCUT2D eigenvalue weighted by molar-refractivity contribution is 7.99. The third-order valence-electron chi connectivity index (χ3n) is 3.65. The lowest BCUT2D eigenvalue weighted by molar-refractivity contribution is -0.141. The number of carbonyl (C=O) groups excluding carboxylic acids is 1. The van der Waals surface area contributed by atoms with Gasteiger partial charge in [0.1, 0.15) is 5.69 Å². The van der Waals surface area contributed by atoms with Crippen molar-refractivity contribution < 1.29 is 22.7 Å². The number of aromatic nitrogens is 2. The van der Waals surface area contributed by atoms with Crippen LogP contribution >= 0.6 is 23.1 Å². The average molecular weight is 403 g/mol. The number of hydrogen-bond acceptors (Lipinski definition) is 6. The number of alkyl halides is 3. The van der Waals surface area contributed by atoms with E-state index in [1.165, 1.54) is 11.3 Å². The first-order valence-corrected chi connectivity index (χ1v) is 9.79. The van der Waals surface area contributed by atoms with Crippen LogP contribution in [0.1, 0.15) is 18.5 Å². The normalized spacial score (nSPS) is 17.4. The predicted octanol–water partition coefficient (Wildman–Crippen LogP) is 3.61. The van der Waals surface area contributed by atoms with Crippen LogP contribution < -0.4 is 5.32 Å². The van der Waals surface area contributed by atoms with Gasteiger partial charge in [-0.15, -0.1) is 11.3 Å². The van der Waals surface area contributed by atoms with Crippen molar-refractivity contribution in [1.29, 1.82) is 0 Å². The van der Waals surface area contributed by atoms with Gasteiger partial charge in [-0.3, -0.25) is 4.79 Å². The number of nitrogens with one attached hydrogen (secondary N) is 1. The van der Waals surface area contributed by atoms with E-state index < -0.39 is 11.9 Å². The standard InChI is InChI=1S/C16H16F3N3O2S2/c17-16(18,19)13-7-11(12-4-2-6-25-12)21-15(22-13)26-9-14(23)20-8-10-3-1-5-24-10/h2,4,6-7,10H,1,3,5,8-9H2,(H,20,23). The van der Waals surface area contributed by atoms with Crippen molar-refractivity contribution in [3.8, 4) is 10.6 Å². The monoisotopic (exact) mass is 403 g/mol. The zero-order valence-corrected chi connectivity index (χ0v) is 15.2. The van der Waals surface area contributed by atoms with Crippen LogP contribution in [0.5, 0.6) is 0 Å². The Morgan fingerprint density at radius 1 is 1.42 bits per heavy atom. The van der Waals surface area contributed by atoms with Gasteiger partial charge in [0, 0.05) is 13.2 Å². The molecule has 1 fully saturated rings. The molecule has 3 heterocycles. The van der Waals surface area contributed by atoms with Crippen molar-refractivity contribution in [1.82, 2.24) is 15.3 Å². The Hall–Kier alpha value is -1.65. The van der Waals surface area contributed by atoms with Crippen molar-refractivity contribution in [2.24, 2.45) is 0 Å². The van der Waals surface area contributed by atoms with Crippen molar-refractivity contribution in [3.05, 3.63) is 29.3 Å². The van der Waals surface area contributed by atoms with Gasteiger partial charge in [0.15, 0.2) is 5.16 Å². The van der Waals surface area contributed by atoms with Crippen LogP contribution in [-0.4, -0.2) is 40.9 Å². The van der Waals surface area contributed by atoms with Crippen molar-refractivity contribution in [2.45, 2.75) is 30.3 Å². The van der Waals surface area contributed by atoms with E-state index in [9.17, 15) is 18.0 Å². The molecule has 1 aliphatic heterocycles. The largest absolute Gasteiger partial charge is 0.433 e. The molecule has 2 aromatic heterocycles. The van der Waals surface area contributed by atoms with E-state index in [0.29, 0.717) is 18.0 Å². The first kappa shape index (κ1) is 19.1. The lowest BCUT2D eigenvalue weighted by Crippen LogP contribution is -2.32. The zero-order chi connectivity index (χ0) is 18.6. The molecule has 0 aromatic carbocycles. The molecule has 140 valence electrons. The summed E-state index contributed by atoms with van der Waals surface area (Å²) in [4.78, 5) is 20.2. The summed E-state index contributed by atoms with van der Waals surface area (Å²) in [6, 6.07) is 4.35. The third-order valence-corrected chi connectivity index (χ3v) is 5.39. The van der Waals surface area contributed by atoms with Crippen LogP contribution in [0.15, 0.2) is 28.7 Å². The number of thiophene rings is 1. The lowest BCUT2D eigenvalue weighted by Gasteiger charge is -2.11. The second-order valence-corrected chi connectivity index (χ2v) is 7.51. The van der Waals surface area contributed by atoms with Crippen LogP contribution in [0, 0.1) is 0 Å². The predicted molar refractivity (Wildman–Crippen MR) is 93.1 cm³/mol. The molecule has 1 aliphatic rings. The molecule has 26 heavy (non-hydrogen) atoms. The van der Waals surface area contributed by atoms with E-state index in [0.717, 1.165) is 30.7 Å². The fourth-order valence-electron chi connectivity index (χ4n) is 2.40. The second-order valence-electron chi connectivity index (χ2n) is 5.62. The van der Waals surface area contributed by atoms with Gasteiger partial charge in [-0.05, 0) is 30.4 Å². The molecule has 1 unspecified atom stereocenters. The van der Waals surface area contributed by atoms with Crippen LogP contribution in [0.25, 0.3) is 10.6 Å². The van der Waals surface area contributed by atoms with E-state index in [1.807, 2.05) is 0 Å². The molecule has 0 radical (unpaired) electrons. The fraction of sp³-hybridized carbons (Fsp3) is 0.438. The molecule has 3 rings (SSSR count). The molecule has 1 N–H and O–H groups in total. The Morgan fingerprint density at radius 3 is 2.92 bits per heavy atom. The fourth-order valence-corrected chi connectivity index (χ4v) is 3.77. The first-order valence-electron chi connectivity index (χ1n) is 7.93. The van der Waals surface area contributed by atoms with Gasteiger partial charge in [0.25, 0.3) is 0 Å². The van der Waals surface area contributed by atoms with Gasteiger partial charge in [0.2, 0.25) is 5.91 Å². The molecule has 0 saturated carbocycles. The molecular weight excluding hydrogens is 387 g/mol. The van der Waals surface area contributed by atoms with Crippen LogP contribution in [0.2, 0.25) is 0 Å². The van der Waals surface area contributed by atoms with Gasteiger partial charge in [-0.25, -0.2) is 9.97 Å². The van der Waals surface area contributed by atoms with E-state index in [-0.39, 0.29) is 28.6 Å². The highest BCUT2D eigenvalue weighted by Gasteiger charge is 2.34. The van der Waals surface area contributed by atoms with Crippen molar-refractivity contribution >= 4 is 29.0 Å². The second kappa shape index (κ2) is 8.36. The SMILES string of the molecule is O=C(CSc1nc(-c2cccs2)cc(C(F)(F)F)n1)NCC1CCCO1. The minimum Gasteiger partial charge on any atom is -0.376 e. The summed E-state index contributed by atoms with van der Waals surface area (Å²) < 4.78 is 44.7. The molecule has 2 aromatic rings. The Balaban J connectivity index is 1.66. The quantitative estimate of drug-likeness (QED) is 0.590. The maximum atomic E-state index is 13.1. The van der Waals surface area contributed by atoms with Crippen LogP contribution in [-0.2, 0) is 15.7 Å². The van der Waals surface area contributed by atoms with Crippen LogP contribution in [0.4, 0.5) is 13.2 Å². The molecule has 0 aliphatic carbocycles. The lowest BCUT2D eigenvalue weighted by atomic mass is 10.2. The van der Waals surface area contributed by atoms with Gasteiger partial charge in [-0.2, -0.15) is 13.2 Å². The summed E-state index contributed by atoms with van der Waals surface area (Å²) in [7, 11) is 0. The number of carbonyl (C=O) groups is 1. The number of ether oxygens (including phenoxy) is 1. The van der Waals surface area contributed by atoms with Crippen molar-refractivity contribution in [2.75, 3.05) is 18.9 Å². The van der Waals surface area contributed by atoms with E-state index in [1.54, 1.807) is 17.5 Å². The minimum absolute atomic E-state index is 0.0131. The Labute approximate surface area is 156 Å². The summed E-state index contributed by atoms with van der Waals surface area (Å²) in [6.45, 7) is 1.10. The molecule has 1 amide bonds. The number of nitrogens with zero attached hydrogens (tertiary/aromatic N) is 2. The van der Waals surface area contributed by atoms with E-state index in [2.05, 4.69) is 15.3 Å².